The van der Waals surface area contributed by atoms with Crippen LogP contribution in [0, 0.1) is 12.8 Å². The van der Waals surface area contributed by atoms with E-state index in [-0.39, 0.29) is 17.7 Å². The highest BCUT2D eigenvalue weighted by Gasteiger charge is 2.42. The number of carbonyl (C=O) groups is 2. The van der Waals surface area contributed by atoms with Gasteiger partial charge in [-0.15, -0.1) is 0 Å². The van der Waals surface area contributed by atoms with Crippen molar-refractivity contribution in [3.05, 3.63) is 47.3 Å². The predicted octanol–water partition coefficient (Wildman–Crippen LogP) is 2.43. The number of aryl methyl sites for hydroxylation is 1. The first kappa shape index (κ1) is 18.5. The van der Waals surface area contributed by atoms with E-state index in [0.29, 0.717) is 24.4 Å². The van der Waals surface area contributed by atoms with Gasteiger partial charge >= 0.3 is 0 Å². The van der Waals surface area contributed by atoms with Crippen LogP contribution >= 0.6 is 0 Å². The van der Waals surface area contributed by atoms with Gasteiger partial charge in [-0.1, -0.05) is 12.1 Å². The van der Waals surface area contributed by atoms with Gasteiger partial charge < -0.3 is 15.0 Å². The molecule has 1 fully saturated rings. The average Bonchev–Trinajstić information content (AvgIpc) is 3.05. The maximum Gasteiger partial charge on any atom is 0.255 e. The number of rotatable bonds is 3. The van der Waals surface area contributed by atoms with Crippen LogP contribution in [-0.4, -0.2) is 46.1 Å². The standard InChI is InChI=1S/C21H26N4O3/c1-14-11-16(24-23-14)12-25(2)20(27)15-7-9-21(10-8-15)13-22-19(26)17-5-3-4-6-18(17)28-21/h3-6,11,15H,7-10,12-13H2,1-2H3,(H,22,26)(H,23,24). The zero-order valence-corrected chi connectivity index (χ0v) is 16.3. The second kappa shape index (κ2) is 7.30. The highest BCUT2D eigenvalue weighted by molar-refractivity contribution is 5.97. The van der Waals surface area contributed by atoms with E-state index in [1.54, 1.807) is 11.0 Å². The van der Waals surface area contributed by atoms with Crippen molar-refractivity contribution < 1.29 is 14.3 Å². The van der Waals surface area contributed by atoms with Crippen LogP contribution in [0.5, 0.6) is 5.75 Å². The Bertz CT molecular complexity index is 883. The van der Waals surface area contributed by atoms with Crippen LogP contribution < -0.4 is 10.1 Å². The molecule has 1 spiro atoms. The molecule has 7 nitrogen and oxygen atoms in total. The molecule has 4 rings (SSSR count). The molecule has 2 aromatic rings. The molecule has 1 aliphatic heterocycles. The van der Waals surface area contributed by atoms with Gasteiger partial charge in [0.25, 0.3) is 5.91 Å². The van der Waals surface area contributed by atoms with Gasteiger partial charge in [0.2, 0.25) is 5.91 Å². The number of fused-ring (bicyclic) bond motifs is 1. The molecule has 148 valence electrons. The van der Waals surface area contributed by atoms with Crippen LogP contribution in [0.3, 0.4) is 0 Å². The fourth-order valence-electron chi connectivity index (χ4n) is 4.21. The lowest BCUT2D eigenvalue weighted by molar-refractivity contribution is -0.137. The van der Waals surface area contributed by atoms with Gasteiger partial charge in [0, 0.05) is 18.7 Å². The Morgan fingerprint density at radius 3 is 2.79 bits per heavy atom. The molecule has 0 radical (unpaired) electrons. The SMILES string of the molecule is Cc1cc(CN(C)C(=O)C2CCC3(CC2)CNC(=O)c2ccccc2O3)n[nH]1. The smallest absolute Gasteiger partial charge is 0.255 e. The molecule has 1 aromatic carbocycles. The number of hydrogen-bond donors (Lipinski definition) is 2. The summed E-state index contributed by atoms with van der Waals surface area (Å²) in [5, 5.41) is 10.1. The Morgan fingerprint density at radius 1 is 1.32 bits per heavy atom. The second-order valence-corrected chi connectivity index (χ2v) is 7.97. The van der Waals surface area contributed by atoms with E-state index in [1.165, 1.54) is 0 Å². The minimum atomic E-state index is -0.434. The van der Waals surface area contributed by atoms with E-state index in [2.05, 4.69) is 15.5 Å². The topological polar surface area (TPSA) is 87.3 Å². The van der Waals surface area contributed by atoms with Crippen molar-refractivity contribution >= 4 is 11.8 Å². The summed E-state index contributed by atoms with van der Waals surface area (Å²) in [6.07, 6.45) is 2.99. The van der Waals surface area contributed by atoms with Crippen LogP contribution in [0.4, 0.5) is 0 Å². The first-order valence-corrected chi connectivity index (χ1v) is 9.78. The summed E-state index contributed by atoms with van der Waals surface area (Å²) in [7, 11) is 1.83. The molecular weight excluding hydrogens is 356 g/mol. The molecule has 0 atom stereocenters. The fraction of sp³-hybridized carbons (Fsp3) is 0.476. The van der Waals surface area contributed by atoms with Crippen molar-refractivity contribution in [2.75, 3.05) is 13.6 Å². The molecule has 1 aromatic heterocycles. The lowest BCUT2D eigenvalue weighted by atomic mass is 9.78. The van der Waals surface area contributed by atoms with Crippen LogP contribution in [0.15, 0.2) is 30.3 Å². The molecule has 2 heterocycles. The van der Waals surface area contributed by atoms with Crippen LogP contribution in [0.1, 0.15) is 47.4 Å². The number of benzene rings is 1. The van der Waals surface area contributed by atoms with Crippen LogP contribution in [0.2, 0.25) is 0 Å². The third kappa shape index (κ3) is 3.61. The molecule has 2 N–H and O–H groups in total. The van der Waals surface area contributed by atoms with E-state index >= 15 is 0 Å². The fourth-order valence-corrected chi connectivity index (χ4v) is 4.21. The Kier molecular flexibility index (Phi) is 4.83. The van der Waals surface area contributed by atoms with Gasteiger partial charge in [0.1, 0.15) is 11.4 Å². The van der Waals surface area contributed by atoms with Crippen molar-refractivity contribution in [2.45, 2.75) is 44.8 Å². The third-order valence-corrected chi connectivity index (χ3v) is 5.81. The molecule has 1 saturated carbocycles. The lowest BCUT2D eigenvalue weighted by Crippen LogP contribution is -2.49. The molecule has 2 aliphatic rings. The summed E-state index contributed by atoms with van der Waals surface area (Å²) in [5.41, 5.74) is 2.00. The van der Waals surface area contributed by atoms with E-state index in [1.807, 2.05) is 38.2 Å². The second-order valence-electron chi connectivity index (χ2n) is 7.97. The molecule has 0 unspecified atom stereocenters. The third-order valence-electron chi connectivity index (χ3n) is 5.81. The normalized spacial score (nSPS) is 24.1. The summed E-state index contributed by atoms with van der Waals surface area (Å²) < 4.78 is 6.32. The number of hydrogen-bond acceptors (Lipinski definition) is 4. The average molecular weight is 382 g/mol. The maximum absolute atomic E-state index is 12.9. The van der Waals surface area contributed by atoms with Crippen LogP contribution in [0.25, 0.3) is 0 Å². The quantitative estimate of drug-likeness (QED) is 0.854. The Labute approximate surface area is 164 Å². The van der Waals surface area contributed by atoms with Crippen molar-refractivity contribution in [1.82, 2.24) is 20.4 Å². The molecular formula is C21H26N4O3. The number of aromatic nitrogens is 2. The van der Waals surface area contributed by atoms with Crippen molar-refractivity contribution in [3.8, 4) is 5.75 Å². The van der Waals surface area contributed by atoms with E-state index in [4.69, 9.17) is 4.74 Å². The van der Waals surface area contributed by atoms with Crippen LogP contribution in [-0.2, 0) is 11.3 Å². The maximum atomic E-state index is 12.9. The minimum Gasteiger partial charge on any atom is -0.485 e. The number of para-hydroxylation sites is 1. The van der Waals surface area contributed by atoms with E-state index < -0.39 is 5.60 Å². The highest BCUT2D eigenvalue weighted by atomic mass is 16.5. The van der Waals surface area contributed by atoms with E-state index in [0.717, 1.165) is 37.1 Å². The highest BCUT2D eigenvalue weighted by Crippen LogP contribution is 2.38. The summed E-state index contributed by atoms with van der Waals surface area (Å²) >= 11 is 0. The summed E-state index contributed by atoms with van der Waals surface area (Å²) in [5.74, 6) is 0.662. The van der Waals surface area contributed by atoms with Gasteiger partial charge in [0.15, 0.2) is 0 Å². The van der Waals surface area contributed by atoms with Gasteiger partial charge in [-0.05, 0) is 50.8 Å². The predicted molar refractivity (Wildman–Crippen MR) is 104 cm³/mol. The number of nitrogens with one attached hydrogen (secondary N) is 2. The minimum absolute atomic E-state index is 0.0199. The zero-order chi connectivity index (χ0) is 19.7. The zero-order valence-electron chi connectivity index (χ0n) is 16.3. The van der Waals surface area contributed by atoms with Gasteiger partial charge in [-0.2, -0.15) is 5.10 Å². The number of carbonyl (C=O) groups excluding carboxylic acids is 2. The number of ether oxygens (including phenoxy) is 1. The van der Waals surface area contributed by atoms with Crippen molar-refractivity contribution in [3.63, 3.8) is 0 Å². The number of H-pyrrole nitrogens is 1. The molecule has 28 heavy (non-hydrogen) atoms. The van der Waals surface area contributed by atoms with Gasteiger partial charge in [0.05, 0.1) is 24.3 Å². The summed E-state index contributed by atoms with van der Waals surface area (Å²) in [6.45, 7) is 2.93. The van der Waals surface area contributed by atoms with Gasteiger partial charge in [-0.3, -0.25) is 14.7 Å². The Balaban J connectivity index is 1.40. The Morgan fingerprint density at radius 2 is 2.07 bits per heavy atom. The van der Waals surface area contributed by atoms with Gasteiger partial charge in [-0.25, -0.2) is 0 Å². The molecule has 2 amide bonds. The molecule has 0 saturated heterocycles. The summed E-state index contributed by atoms with van der Waals surface area (Å²) in [6, 6.07) is 9.31. The molecule has 7 heteroatoms. The van der Waals surface area contributed by atoms with E-state index in [9.17, 15) is 9.59 Å². The number of nitrogens with zero attached hydrogens (tertiary/aromatic N) is 2. The Hall–Kier alpha value is -2.83. The molecule has 0 bridgehead atoms. The largest absolute Gasteiger partial charge is 0.485 e. The monoisotopic (exact) mass is 382 g/mol. The molecule has 1 aliphatic carbocycles. The number of aromatic amines is 1. The van der Waals surface area contributed by atoms with Crippen molar-refractivity contribution in [1.29, 1.82) is 0 Å². The lowest BCUT2D eigenvalue weighted by Gasteiger charge is -2.39. The first-order valence-electron chi connectivity index (χ1n) is 9.78. The number of amides is 2. The first-order chi connectivity index (χ1) is 13.5. The summed E-state index contributed by atoms with van der Waals surface area (Å²) in [4.78, 5) is 26.9. The van der Waals surface area contributed by atoms with Crippen molar-refractivity contribution in [2.24, 2.45) is 5.92 Å².